The van der Waals surface area contributed by atoms with Gasteiger partial charge < -0.3 is 20.3 Å². The number of ether oxygens (including phenoxy) is 1. The van der Waals surface area contributed by atoms with Crippen LogP contribution >= 0.6 is 11.3 Å². The van der Waals surface area contributed by atoms with E-state index in [4.69, 9.17) is 9.73 Å². The van der Waals surface area contributed by atoms with Gasteiger partial charge in [-0.05, 0) is 59.8 Å². The van der Waals surface area contributed by atoms with E-state index in [0.29, 0.717) is 12.6 Å². The molecule has 2 aliphatic heterocycles. The fourth-order valence-corrected chi connectivity index (χ4v) is 4.90. The van der Waals surface area contributed by atoms with E-state index in [-0.39, 0.29) is 18.2 Å². The molecule has 29 heavy (non-hydrogen) atoms. The third-order valence-electron chi connectivity index (χ3n) is 5.32. The summed E-state index contributed by atoms with van der Waals surface area (Å²) < 4.78 is 5.64. The Bertz CT molecular complexity index is 713. The Hall–Kier alpha value is -1.83. The van der Waals surface area contributed by atoms with Gasteiger partial charge in [0.25, 0.3) is 0 Å². The van der Waals surface area contributed by atoms with Gasteiger partial charge in [-0.3, -0.25) is 0 Å². The van der Waals surface area contributed by atoms with Crippen LogP contribution in [0.25, 0.3) is 0 Å². The van der Waals surface area contributed by atoms with Crippen LogP contribution in [0, 0.1) is 0 Å². The Morgan fingerprint density at radius 3 is 2.55 bits per heavy atom. The Labute approximate surface area is 178 Å². The third-order valence-corrected chi connectivity index (χ3v) is 6.37. The summed E-state index contributed by atoms with van der Waals surface area (Å²) in [5, 5.41) is 10.2. The lowest BCUT2D eigenvalue weighted by atomic mass is 9.98. The van der Waals surface area contributed by atoms with E-state index >= 15 is 0 Å². The summed E-state index contributed by atoms with van der Waals surface area (Å²) in [5.74, 6) is 0.827. The maximum atomic E-state index is 12.6. The number of thiazole rings is 1. The summed E-state index contributed by atoms with van der Waals surface area (Å²) in [6.45, 7) is 11.4. The van der Waals surface area contributed by atoms with Crippen LogP contribution in [-0.2, 0) is 17.7 Å². The molecule has 0 aromatic carbocycles. The van der Waals surface area contributed by atoms with Gasteiger partial charge in [0.2, 0.25) is 0 Å². The number of amides is 1. The second-order valence-corrected chi connectivity index (χ2v) is 9.81. The Balaban J connectivity index is 1.59. The molecule has 2 unspecified atom stereocenters. The van der Waals surface area contributed by atoms with Crippen LogP contribution in [0.5, 0.6) is 0 Å². The van der Waals surface area contributed by atoms with Crippen LogP contribution < -0.4 is 10.6 Å². The van der Waals surface area contributed by atoms with Gasteiger partial charge in [-0.2, -0.15) is 0 Å². The highest BCUT2D eigenvalue weighted by molar-refractivity contribution is 7.09. The molecule has 0 spiro atoms. The number of carbonyl (C=O) groups excluding carboxylic acids is 1. The molecular formula is C21H35N5O2S. The summed E-state index contributed by atoms with van der Waals surface area (Å²) in [4.78, 5) is 23.9. The van der Waals surface area contributed by atoms with Crippen molar-refractivity contribution >= 4 is 23.4 Å². The summed E-state index contributed by atoms with van der Waals surface area (Å²) in [6, 6.07) is 0.801. The molecule has 0 saturated carbocycles. The van der Waals surface area contributed by atoms with Crippen molar-refractivity contribution in [2.24, 2.45) is 4.99 Å². The number of fused-ring (bicyclic) bond motifs is 2. The number of aromatic nitrogens is 1. The fraction of sp³-hybridized carbons (Fsp3) is 0.762. The van der Waals surface area contributed by atoms with Crippen LogP contribution in [-0.4, -0.2) is 52.2 Å². The van der Waals surface area contributed by atoms with Gasteiger partial charge in [0.05, 0.1) is 17.2 Å². The molecule has 1 amide bonds. The van der Waals surface area contributed by atoms with Crippen molar-refractivity contribution in [1.29, 1.82) is 0 Å². The average Bonchev–Trinajstić information content (AvgIpc) is 3.21. The monoisotopic (exact) mass is 421 g/mol. The van der Waals surface area contributed by atoms with Crippen molar-refractivity contribution in [1.82, 2.24) is 20.5 Å². The number of nitrogens with zero attached hydrogens (tertiary/aromatic N) is 3. The molecular weight excluding hydrogens is 386 g/mol. The quantitative estimate of drug-likeness (QED) is 0.560. The Kier molecular flexibility index (Phi) is 7.03. The van der Waals surface area contributed by atoms with E-state index in [1.54, 1.807) is 11.3 Å². The summed E-state index contributed by atoms with van der Waals surface area (Å²) in [6.07, 6.45) is 4.75. The molecule has 1 aromatic heterocycles. The first-order valence-electron chi connectivity index (χ1n) is 10.8. The van der Waals surface area contributed by atoms with Crippen LogP contribution in [0.2, 0.25) is 0 Å². The fourth-order valence-electron chi connectivity index (χ4n) is 4.16. The highest BCUT2D eigenvalue weighted by atomic mass is 32.1. The van der Waals surface area contributed by atoms with Crippen molar-refractivity contribution in [2.75, 3.05) is 6.54 Å². The van der Waals surface area contributed by atoms with Crippen molar-refractivity contribution < 1.29 is 9.53 Å². The number of carbonyl (C=O) groups is 1. The minimum absolute atomic E-state index is 0.167. The molecule has 0 aliphatic carbocycles. The standard InChI is InChI=1S/C21H35N5O2S/c1-6-18-24-15(13-29-18)12-23-19(22-7-2)25-14-10-16-8-9-17(11-14)26(16)20(27)28-21(3,4)5/h13-14,16-17H,6-12H2,1-5H3,(H2,22,23,25). The predicted molar refractivity (Wildman–Crippen MR) is 117 cm³/mol. The molecule has 7 nitrogen and oxygen atoms in total. The molecule has 2 fully saturated rings. The number of aliphatic imine (C=N–C) groups is 1. The molecule has 2 atom stereocenters. The molecule has 1 aromatic rings. The lowest BCUT2D eigenvalue weighted by molar-refractivity contribution is 0.00545. The largest absolute Gasteiger partial charge is 0.444 e. The van der Waals surface area contributed by atoms with Gasteiger partial charge in [0, 0.05) is 30.1 Å². The number of hydrogen-bond donors (Lipinski definition) is 2. The minimum Gasteiger partial charge on any atom is -0.444 e. The summed E-state index contributed by atoms with van der Waals surface area (Å²) in [7, 11) is 0. The van der Waals surface area contributed by atoms with Gasteiger partial charge in [-0.25, -0.2) is 14.8 Å². The van der Waals surface area contributed by atoms with E-state index < -0.39 is 5.60 Å². The molecule has 3 heterocycles. The smallest absolute Gasteiger partial charge is 0.410 e. The second kappa shape index (κ2) is 9.32. The van der Waals surface area contributed by atoms with Crippen molar-refractivity contribution in [3.63, 3.8) is 0 Å². The Morgan fingerprint density at radius 1 is 1.31 bits per heavy atom. The van der Waals surface area contributed by atoms with E-state index in [1.165, 1.54) is 0 Å². The lowest BCUT2D eigenvalue weighted by Gasteiger charge is -2.40. The number of hydrogen-bond acceptors (Lipinski definition) is 5. The normalized spacial score (nSPS) is 24.5. The van der Waals surface area contributed by atoms with Crippen LogP contribution in [0.3, 0.4) is 0 Å². The van der Waals surface area contributed by atoms with Crippen molar-refractivity contribution in [2.45, 2.75) is 97.0 Å². The first kappa shape index (κ1) is 21.9. The van der Waals surface area contributed by atoms with Crippen LogP contribution in [0.1, 0.15) is 71.0 Å². The van der Waals surface area contributed by atoms with E-state index in [1.807, 2.05) is 25.7 Å². The van der Waals surface area contributed by atoms with E-state index in [9.17, 15) is 4.79 Å². The first-order chi connectivity index (χ1) is 13.8. The predicted octanol–water partition coefficient (Wildman–Crippen LogP) is 3.69. The molecule has 2 aliphatic rings. The maximum Gasteiger partial charge on any atom is 0.410 e. The van der Waals surface area contributed by atoms with Crippen molar-refractivity contribution in [3.8, 4) is 0 Å². The highest BCUT2D eigenvalue weighted by Crippen LogP contribution is 2.36. The Morgan fingerprint density at radius 2 is 2.00 bits per heavy atom. The zero-order chi connectivity index (χ0) is 21.0. The molecule has 162 valence electrons. The number of aryl methyl sites for hydroxylation is 1. The topological polar surface area (TPSA) is 78.9 Å². The van der Waals surface area contributed by atoms with Gasteiger partial charge in [0.15, 0.2) is 5.96 Å². The molecule has 2 N–H and O–H groups in total. The molecule has 2 bridgehead atoms. The number of nitrogens with one attached hydrogen (secondary N) is 2. The SMILES string of the molecule is CCNC(=NCc1csc(CC)n1)NC1CC2CCC(C1)N2C(=O)OC(C)(C)C. The zero-order valence-corrected chi connectivity index (χ0v) is 19.1. The zero-order valence-electron chi connectivity index (χ0n) is 18.3. The van der Waals surface area contributed by atoms with E-state index in [0.717, 1.165) is 55.3 Å². The first-order valence-corrected chi connectivity index (χ1v) is 11.7. The molecule has 8 heteroatoms. The van der Waals surface area contributed by atoms with Gasteiger partial charge >= 0.3 is 6.09 Å². The number of rotatable bonds is 5. The third kappa shape index (κ3) is 5.84. The average molecular weight is 422 g/mol. The molecule has 2 saturated heterocycles. The van der Waals surface area contributed by atoms with Crippen molar-refractivity contribution in [3.05, 3.63) is 16.1 Å². The van der Waals surface area contributed by atoms with Crippen LogP contribution in [0.4, 0.5) is 4.79 Å². The van der Waals surface area contributed by atoms with E-state index in [2.05, 4.69) is 34.8 Å². The highest BCUT2D eigenvalue weighted by Gasteiger charge is 2.45. The van der Waals surface area contributed by atoms with Crippen LogP contribution in [0.15, 0.2) is 10.4 Å². The summed E-state index contributed by atoms with van der Waals surface area (Å²) >= 11 is 1.70. The van der Waals surface area contributed by atoms with Gasteiger partial charge in [-0.15, -0.1) is 11.3 Å². The van der Waals surface area contributed by atoms with Gasteiger partial charge in [-0.1, -0.05) is 6.92 Å². The number of guanidine groups is 1. The number of piperidine rings is 1. The summed E-state index contributed by atoms with van der Waals surface area (Å²) in [5.41, 5.74) is 0.563. The minimum atomic E-state index is -0.455. The van der Waals surface area contributed by atoms with Gasteiger partial charge in [0.1, 0.15) is 5.60 Å². The maximum absolute atomic E-state index is 12.6. The molecule has 3 rings (SSSR count). The second-order valence-electron chi connectivity index (χ2n) is 8.87. The molecule has 0 radical (unpaired) electrons. The lowest BCUT2D eigenvalue weighted by Crippen LogP contribution is -2.55.